The molecular formula is C22H21FN4O. The smallest absolute Gasteiger partial charge is 0.272 e. The quantitative estimate of drug-likeness (QED) is 0.741. The standard InChI is InChI=1S/C22H21FN4O/c23-19-7-5-16(6-8-19)9-12-24-22-25-13-10-20(26-22)21(28)27-14-11-17-3-1-2-4-18(17)15-27/h1-8,10,13H,9,11-12,14-15H2,(H,24,25,26). The van der Waals surface area contributed by atoms with Crippen molar-refractivity contribution in [2.24, 2.45) is 0 Å². The summed E-state index contributed by atoms with van der Waals surface area (Å²) in [5.74, 6) is 0.0930. The van der Waals surface area contributed by atoms with Crippen molar-refractivity contribution < 1.29 is 9.18 Å². The second kappa shape index (κ2) is 8.17. The maximum absolute atomic E-state index is 13.0. The van der Waals surface area contributed by atoms with E-state index in [0.29, 0.717) is 37.7 Å². The fourth-order valence-electron chi connectivity index (χ4n) is 3.36. The predicted octanol–water partition coefficient (Wildman–Crippen LogP) is 3.47. The van der Waals surface area contributed by atoms with E-state index in [4.69, 9.17) is 0 Å². The van der Waals surface area contributed by atoms with E-state index in [1.165, 1.54) is 23.3 Å². The number of halogens is 1. The maximum Gasteiger partial charge on any atom is 0.272 e. The van der Waals surface area contributed by atoms with Crippen molar-refractivity contribution in [3.8, 4) is 0 Å². The summed E-state index contributed by atoms with van der Waals surface area (Å²) in [4.78, 5) is 23.3. The molecule has 1 aromatic heterocycles. The van der Waals surface area contributed by atoms with Crippen LogP contribution in [-0.2, 0) is 19.4 Å². The van der Waals surface area contributed by atoms with Crippen LogP contribution in [0.1, 0.15) is 27.2 Å². The van der Waals surface area contributed by atoms with E-state index < -0.39 is 0 Å². The summed E-state index contributed by atoms with van der Waals surface area (Å²) < 4.78 is 13.0. The first kappa shape index (κ1) is 18.1. The zero-order chi connectivity index (χ0) is 19.3. The molecule has 1 aliphatic rings. The summed E-state index contributed by atoms with van der Waals surface area (Å²) in [6.07, 6.45) is 3.17. The van der Waals surface area contributed by atoms with Crippen LogP contribution in [-0.4, -0.2) is 33.9 Å². The summed E-state index contributed by atoms with van der Waals surface area (Å²) >= 11 is 0. The molecule has 3 aromatic rings. The fourth-order valence-corrected chi connectivity index (χ4v) is 3.36. The lowest BCUT2D eigenvalue weighted by Crippen LogP contribution is -2.36. The number of rotatable bonds is 5. The van der Waals surface area contributed by atoms with Crippen LogP contribution in [0.2, 0.25) is 0 Å². The van der Waals surface area contributed by atoms with Crippen LogP contribution in [0.4, 0.5) is 10.3 Å². The van der Waals surface area contributed by atoms with Gasteiger partial charge in [-0.15, -0.1) is 0 Å². The summed E-state index contributed by atoms with van der Waals surface area (Å²) in [7, 11) is 0. The molecule has 0 fully saturated rings. The van der Waals surface area contributed by atoms with Gasteiger partial charge in [0, 0.05) is 25.8 Å². The first-order chi connectivity index (χ1) is 13.7. The molecule has 5 nitrogen and oxygen atoms in total. The van der Waals surface area contributed by atoms with E-state index in [0.717, 1.165) is 12.0 Å². The Balaban J connectivity index is 1.38. The number of amides is 1. The van der Waals surface area contributed by atoms with Crippen molar-refractivity contribution in [1.29, 1.82) is 0 Å². The monoisotopic (exact) mass is 376 g/mol. The molecule has 1 N–H and O–H groups in total. The zero-order valence-corrected chi connectivity index (χ0v) is 15.4. The number of carbonyl (C=O) groups is 1. The highest BCUT2D eigenvalue weighted by Crippen LogP contribution is 2.20. The molecule has 2 aromatic carbocycles. The van der Waals surface area contributed by atoms with Crippen LogP contribution in [0.5, 0.6) is 0 Å². The SMILES string of the molecule is O=C(c1ccnc(NCCc2ccc(F)cc2)n1)N1CCc2ccccc2C1. The molecule has 0 spiro atoms. The fraction of sp³-hybridized carbons (Fsp3) is 0.227. The molecule has 0 radical (unpaired) electrons. The minimum Gasteiger partial charge on any atom is -0.354 e. The van der Waals surface area contributed by atoms with Gasteiger partial charge in [-0.3, -0.25) is 4.79 Å². The van der Waals surface area contributed by atoms with Crippen molar-refractivity contribution in [3.63, 3.8) is 0 Å². The van der Waals surface area contributed by atoms with Crippen LogP contribution in [0.15, 0.2) is 60.8 Å². The highest BCUT2D eigenvalue weighted by Gasteiger charge is 2.22. The molecule has 0 saturated carbocycles. The van der Waals surface area contributed by atoms with Crippen molar-refractivity contribution in [3.05, 3.63) is 89.0 Å². The van der Waals surface area contributed by atoms with E-state index in [-0.39, 0.29) is 11.7 Å². The Labute approximate surface area is 163 Å². The van der Waals surface area contributed by atoms with Crippen molar-refractivity contribution in [1.82, 2.24) is 14.9 Å². The van der Waals surface area contributed by atoms with Crippen molar-refractivity contribution >= 4 is 11.9 Å². The Morgan fingerprint density at radius 2 is 1.86 bits per heavy atom. The molecule has 0 aliphatic carbocycles. The number of hydrogen-bond acceptors (Lipinski definition) is 4. The Morgan fingerprint density at radius 1 is 1.07 bits per heavy atom. The Hall–Kier alpha value is -3.28. The third kappa shape index (κ3) is 4.17. The van der Waals surface area contributed by atoms with Gasteiger partial charge in [-0.1, -0.05) is 36.4 Å². The minimum atomic E-state index is -0.244. The molecule has 4 rings (SSSR count). The van der Waals surface area contributed by atoms with Gasteiger partial charge in [0.2, 0.25) is 5.95 Å². The van der Waals surface area contributed by atoms with Crippen molar-refractivity contribution in [2.45, 2.75) is 19.4 Å². The topological polar surface area (TPSA) is 58.1 Å². The maximum atomic E-state index is 13.0. The molecule has 2 heterocycles. The van der Waals surface area contributed by atoms with E-state index in [2.05, 4.69) is 27.4 Å². The van der Waals surface area contributed by atoms with E-state index >= 15 is 0 Å². The zero-order valence-electron chi connectivity index (χ0n) is 15.4. The van der Waals surface area contributed by atoms with Gasteiger partial charge < -0.3 is 10.2 Å². The summed E-state index contributed by atoms with van der Waals surface area (Å²) in [6, 6.07) is 16.3. The van der Waals surface area contributed by atoms with Gasteiger partial charge in [-0.25, -0.2) is 14.4 Å². The lowest BCUT2D eigenvalue weighted by molar-refractivity contribution is 0.0728. The lowest BCUT2D eigenvalue weighted by atomic mass is 10.00. The Kier molecular flexibility index (Phi) is 5.28. The number of nitrogens with zero attached hydrogens (tertiary/aromatic N) is 3. The summed E-state index contributed by atoms with van der Waals surface area (Å²) in [5.41, 5.74) is 3.90. The van der Waals surface area contributed by atoms with Gasteiger partial charge in [0.1, 0.15) is 11.5 Å². The molecule has 0 atom stereocenters. The highest BCUT2D eigenvalue weighted by molar-refractivity contribution is 5.92. The van der Waals surface area contributed by atoms with Crippen LogP contribution in [0.3, 0.4) is 0 Å². The van der Waals surface area contributed by atoms with Crippen LogP contribution in [0, 0.1) is 5.82 Å². The number of hydrogen-bond donors (Lipinski definition) is 1. The van der Waals surface area contributed by atoms with Gasteiger partial charge in [-0.2, -0.15) is 0 Å². The molecule has 142 valence electrons. The molecule has 0 saturated heterocycles. The number of nitrogens with one attached hydrogen (secondary N) is 1. The normalized spacial score (nSPS) is 13.1. The van der Waals surface area contributed by atoms with Crippen LogP contribution < -0.4 is 5.32 Å². The Bertz CT molecular complexity index is 974. The van der Waals surface area contributed by atoms with Crippen LogP contribution >= 0.6 is 0 Å². The van der Waals surface area contributed by atoms with Gasteiger partial charge in [-0.05, 0) is 47.7 Å². The van der Waals surface area contributed by atoms with E-state index in [1.54, 1.807) is 24.4 Å². The Morgan fingerprint density at radius 3 is 2.68 bits per heavy atom. The largest absolute Gasteiger partial charge is 0.354 e. The van der Waals surface area contributed by atoms with E-state index in [9.17, 15) is 9.18 Å². The minimum absolute atomic E-state index is 0.0847. The number of anilines is 1. The van der Waals surface area contributed by atoms with Gasteiger partial charge in [0.05, 0.1) is 0 Å². The first-order valence-electron chi connectivity index (χ1n) is 9.36. The molecule has 6 heteroatoms. The van der Waals surface area contributed by atoms with Crippen LogP contribution in [0.25, 0.3) is 0 Å². The van der Waals surface area contributed by atoms with Gasteiger partial charge in [0.15, 0.2) is 0 Å². The molecular weight excluding hydrogens is 355 g/mol. The number of carbonyl (C=O) groups excluding carboxylic acids is 1. The molecule has 1 amide bonds. The molecule has 28 heavy (non-hydrogen) atoms. The number of fused-ring (bicyclic) bond motifs is 1. The summed E-state index contributed by atoms with van der Waals surface area (Å²) in [6.45, 7) is 1.89. The predicted molar refractivity (Wildman–Crippen MR) is 106 cm³/mol. The first-order valence-corrected chi connectivity index (χ1v) is 9.36. The third-order valence-corrected chi connectivity index (χ3v) is 4.90. The van der Waals surface area contributed by atoms with Gasteiger partial charge >= 0.3 is 0 Å². The van der Waals surface area contributed by atoms with Gasteiger partial charge in [0.25, 0.3) is 5.91 Å². The second-order valence-electron chi connectivity index (χ2n) is 6.81. The van der Waals surface area contributed by atoms with E-state index in [1.807, 2.05) is 17.0 Å². The average Bonchev–Trinajstić information content (AvgIpc) is 2.74. The number of aromatic nitrogens is 2. The van der Waals surface area contributed by atoms with Crippen molar-refractivity contribution in [2.75, 3.05) is 18.4 Å². The molecule has 1 aliphatic heterocycles. The molecule has 0 bridgehead atoms. The second-order valence-corrected chi connectivity index (χ2v) is 6.81. The highest BCUT2D eigenvalue weighted by atomic mass is 19.1. The number of benzene rings is 2. The lowest BCUT2D eigenvalue weighted by Gasteiger charge is -2.28. The third-order valence-electron chi connectivity index (χ3n) is 4.90. The summed E-state index contributed by atoms with van der Waals surface area (Å²) in [5, 5.41) is 3.13. The average molecular weight is 376 g/mol. The molecule has 0 unspecified atom stereocenters.